The fourth-order valence-corrected chi connectivity index (χ4v) is 4.84. The van der Waals surface area contributed by atoms with Gasteiger partial charge in [0.25, 0.3) is 0 Å². The molecule has 4 aromatic rings. The normalized spacial score (nSPS) is 11.6. The van der Waals surface area contributed by atoms with Crippen molar-refractivity contribution in [3.05, 3.63) is 137 Å². The number of benzene rings is 4. The van der Waals surface area contributed by atoms with Gasteiger partial charge in [-0.05, 0) is 65.9 Å². The Morgan fingerprint density at radius 2 is 1.32 bits per heavy atom. The molecule has 0 saturated heterocycles. The van der Waals surface area contributed by atoms with E-state index in [0.717, 1.165) is 47.4 Å². The van der Waals surface area contributed by atoms with Crippen molar-refractivity contribution in [2.45, 2.75) is 45.1 Å². The largest absolute Gasteiger partial charge is 0.489 e. The monoisotopic (exact) mass is 595 g/mol. The zero-order valence-electron chi connectivity index (χ0n) is 25.5. The molecular formula is C37H41NO6. The number of esters is 2. The van der Waals surface area contributed by atoms with Crippen LogP contribution in [0.15, 0.2) is 109 Å². The van der Waals surface area contributed by atoms with Crippen molar-refractivity contribution in [2.24, 2.45) is 0 Å². The van der Waals surface area contributed by atoms with Gasteiger partial charge in [-0.1, -0.05) is 84.9 Å². The molecule has 0 radical (unpaired) electrons. The Morgan fingerprint density at radius 3 is 1.98 bits per heavy atom. The van der Waals surface area contributed by atoms with Crippen molar-refractivity contribution in [1.29, 1.82) is 0 Å². The van der Waals surface area contributed by atoms with Gasteiger partial charge < -0.3 is 18.9 Å². The minimum absolute atomic E-state index is 0.180. The Kier molecular flexibility index (Phi) is 13.0. The van der Waals surface area contributed by atoms with E-state index in [0.29, 0.717) is 38.3 Å². The fourth-order valence-electron chi connectivity index (χ4n) is 4.84. The minimum atomic E-state index is -0.357. The third-order valence-electron chi connectivity index (χ3n) is 7.33. The summed E-state index contributed by atoms with van der Waals surface area (Å²) in [6.45, 7) is 3.06. The first-order valence-electron chi connectivity index (χ1n) is 14.9. The smallest absolute Gasteiger partial charge is 0.337 e. The maximum atomic E-state index is 11.9. The molecule has 0 saturated carbocycles. The predicted octanol–water partition coefficient (Wildman–Crippen LogP) is 7.16. The van der Waals surface area contributed by atoms with Gasteiger partial charge in [0.15, 0.2) is 0 Å². The van der Waals surface area contributed by atoms with Gasteiger partial charge in [0.1, 0.15) is 12.4 Å². The average Bonchev–Trinajstić information content (AvgIpc) is 3.08. The molecule has 7 heteroatoms. The number of hydrogen-bond acceptors (Lipinski definition) is 7. The highest BCUT2D eigenvalue weighted by atomic mass is 16.5. The third-order valence-corrected chi connectivity index (χ3v) is 7.33. The summed E-state index contributed by atoms with van der Waals surface area (Å²) in [5.74, 6) is 0.259. The number of methoxy groups -OCH3 is 2. The van der Waals surface area contributed by atoms with Gasteiger partial charge >= 0.3 is 11.9 Å². The lowest BCUT2D eigenvalue weighted by Crippen LogP contribution is -2.30. The summed E-state index contributed by atoms with van der Waals surface area (Å²) >= 11 is 0. The lowest BCUT2D eigenvalue weighted by Gasteiger charge is -2.28. The summed E-state index contributed by atoms with van der Waals surface area (Å²) in [6, 6.07) is 35.8. The van der Waals surface area contributed by atoms with Gasteiger partial charge in [0.2, 0.25) is 0 Å². The van der Waals surface area contributed by atoms with E-state index in [-0.39, 0.29) is 18.0 Å². The fraction of sp³-hybridized carbons (Fsp3) is 0.297. The molecule has 1 unspecified atom stereocenters. The first-order valence-corrected chi connectivity index (χ1v) is 14.9. The van der Waals surface area contributed by atoms with E-state index in [1.165, 1.54) is 14.2 Å². The van der Waals surface area contributed by atoms with E-state index in [2.05, 4.69) is 17.0 Å². The van der Waals surface area contributed by atoms with Crippen molar-refractivity contribution in [3.63, 3.8) is 0 Å². The van der Waals surface area contributed by atoms with Crippen molar-refractivity contribution in [3.8, 4) is 5.75 Å². The lowest BCUT2D eigenvalue weighted by molar-refractivity contribution is -0.140. The Hall–Kier alpha value is -4.46. The van der Waals surface area contributed by atoms with Crippen LogP contribution in [0.2, 0.25) is 0 Å². The van der Waals surface area contributed by atoms with Crippen LogP contribution in [0.3, 0.4) is 0 Å². The number of nitrogens with zero attached hydrogens (tertiary/aromatic N) is 1. The van der Waals surface area contributed by atoms with E-state index in [9.17, 15) is 9.59 Å². The van der Waals surface area contributed by atoms with E-state index < -0.39 is 0 Å². The van der Waals surface area contributed by atoms with Crippen LogP contribution in [0.1, 0.15) is 58.0 Å². The number of hydrogen-bond donors (Lipinski definition) is 0. The van der Waals surface area contributed by atoms with Crippen LogP contribution in [0.25, 0.3) is 0 Å². The standard InChI is InChI=1S/C37H41NO6/c1-41-36(39)15-9-10-24-38(25-29-16-20-33(21-17-29)37(40)42-2)26-35(32-13-7-4-8-14-32)44-28-31-18-22-34(23-19-31)43-27-30-11-5-3-6-12-30/h3-8,11-14,16-23,35H,9-10,15,24-28H2,1-2H3. The summed E-state index contributed by atoms with van der Waals surface area (Å²) in [5, 5.41) is 0. The number of rotatable bonds is 17. The van der Waals surface area contributed by atoms with Crippen LogP contribution >= 0.6 is 0 Å². The average molecular weight is 596 g/mol. The van der Waals surface area contributed by atoms with Gasteiger partial charge in [0, 0.05) is 19.5 Å². The van der Waals surface area contributed by atoms with Crippen molar-refractivity contribution >= 4 is 11.9 Å². The highest BCUT2D eigenvalue weighted by molar-refractivity contribution is 5.89. The molecule has 7 nitrogen and oxygen atoms in total. The first-order chi connectivity index (χ1) is 21.5. The number of carbonyl (C=O) groups excluding carboxylic acids is 2. The van der Waals surface area contributed by atoms with E-state index in [1.807, 2.05) is 84.9 Å². The highest BCUT2D eigenvalue weighted by Gasteiger charge is 2.18. The summed E-state index contributed by atoms with van der Waals surface area (Å²) in [5.41, 5.74) is 4.86. The Morgan fingerprint density at radius 1 is 0.682 bits per heavy atom. The molecule has 44 heavy (non-hydrogen) atoms. The topological polar surface area (TPSA) is 74.3 Å². The van der Waals surface area contributed by atoms with Crippen molar-refractivity contribution < 1.29 is 28.5 Å². The van der Waals surface area contributed by atoms with Crippen molar-refractivity contribution in [1.82, 2.24) is 4.90 Å². The number of unbranched alkanes of at least 4 members (excludes halogenated alkanes) is 1. The molecule has 0 heterocycles. The summed E-state index contributed by atoms with van der Waals surface area (Å²) in [6.07, 6.45) is 1.78. The first kappa shape index (κ1) is 32.5. The molecule has 4 rings (SSSR count). The highest BCUT2D eigenvalue weighted by Crippen LogP contribution is 2.23. The van der Waals surface area contributed by atoms with E-state index in [1.54, 1.807) is 12.1 Å². The molecule has 1 atom stereocenters. The van der Waals surface area contributed by atoms with Gasteiger partial charge in [-0.15, -0.1) is 0 Å². The second-order valence-corrected chi connectivity index (χ2v) is 10.6. The SMILES string of the molecule is COC(=O)CCCCN(Cc1ccc(C(=O)OC)cc1)CC(OCc1ccc(OCc2ccccc2)cc1)c1ccccc1. The van der Waals surface area contributed by atoms with Crippen molar-refractivity contribution in [2.75, 3.05) is 27.3 Å². The Labute approximate surface area is 260 Å². The van der Waals surface area contributed by atoms with Gasteiger partial charge in [0.05, 0.1) is 32.5 Å². The summed E-state index contributed by atoms with van der Waals surface area (Å²) < 4.78 is 22.2. The van der Waals surface area contributed by atoms with Crippen LogP contribution < -0.4 is 4.74 Å². The minimum Gasteiger partial charge on any atom is -0.489 e. The second-order valence-electron chi connectivity index (χ2n) is 10.6. The molecule has 4 aromatic carbocycles. The van der Waals surface area contributed by atoms with Gasteiger partial charge in [-0.25, -0.2) is 4.79 Å². The molecule has 0 amide bonds. The Bertz CT molecular complexity index is 1410. The van der Waals surface area contributed by atoms with E-state index >= 15 is 0 Å². The van der Waals surface area contributed by atoms with E-state index in [4.69, 9.17) is 18.9 Å². The lowest BCUT2D eigenvalue weighted by atomic mass is 10.1. The van der Waals surface area contributed by atoms with Crippen LogP contribution in [0, 0.1) is 0 Å². The molecule has 0 N–H and O–H groups in total. The summed E-state index contributed by atoms with van der Waals surface area (Å²) in [4.78, 5) is 25.9. The molecule has 0 bridgehead atoms. The molecule has 0 spiro atoms. The second kappa shape index (κ2) is 17.6. The number of ether oxygens (including phenoxy) is 4. The summed E-state index contributed by atoms with van der Waals surface area (Å²) in [7, 11) is 2.80. The van der Waals surface area contributed by atoms with Crippen LogP contribution in [0.5, 0.6) is 5.75 Å². The maximum absolute atomic E-state index is 11.9. The molecule has 230 valence electrons. The predicted molar refractivity (Wildman–Crippen MR) is 170 cm³/mol. The molecular weight excluding hydrogens is 554 g/mol. The zero-order chi connectivity index (χ0) is 31.0. The Balaban J connectivity index is 1.42. The van der Waals surface area contributed by atoms with Crippen LogP contribution in [-0.4, -0.2) is 44.1 Å². The van der Waals surface area contributed by atoms with Crippen LogP contribution in [-0.2, 0) is 38.8 Å². The molecule has 0 fully saturated rings. The third kappa shape index (κ3) is 10.7. The van der Waals surface area contributed by atoms with Gasteiger partial charge in [-0.2, -0.15) is 0 Å². The quantitative estimate of drug-likeness (QED) is 0.0948. The molecule has 0 aliphatic carbocycles. The number of carbonyl (C=O) groups is 2. The molecule has 0 aromatic heterocycles. The maximum Gasteiger partial charge on any atom is 0.337 e. The zero-order valence-corrected chi connectivity index (χ0v) is 25.5. The van der Waals surface area contributed by atoms with Crippen LogP contribution in [0.4, 0.5) is 0 Å². The molecule has 0 aliphatic rings. The molecule has 0 aliphatic heterocycles. The van der Waals surface area contributed by atoms with Gasteiger partial charge in [-0.3, -0.25) is 9.69 Å².